The van der Waals surface area contributed by atoms with E-state index in [2.05, 4.69) is 15.6 Å². The van der Waals surface area contributed by atoms with Gasteiger partial charge in [0.2, 0.25) is 0 Å². The number of alkyl halides is 3. The van der Waals surface area contributed by atoms with Crippen LogP contribution in [0.2, 0.25) is 0 Å². The summed E-state index contributed by atoms with van der Waals surface area (Å²) in [5.74, 6) is 1.24. The lowest BCUT2D eigenvalue weighted by Crippen LogP contribution is -2.42. The summed E-state index contributed by atoms with van der Waals surface area (Å²) in [5, 5.41) is 6.57. The zero-order chi connectivity index (χ0) is 20.2. The largest absolute Gasteiger partial charge is 0.401 e. The van der Waals surface area contributed by atoms with E-state index in [1.54, 1.807) is 7.05 Å². The molecule has 0 atom stereocenters. The number of guanidine groups is 1. The minimum absolute atomic E-state index is 0. The molecular formula is C19H36F3IN4O2. The highest BCUT2D eigenvalue weighted by molar-refractivity contribution is 14.0. The summed E-state index contributed by atoms with van der Waals surface area (Å²) in [6.45, 7) is 4.16. The van der Waals surface area contributed by atoms with Crippen LogP contribution in [0, 0.1) is 5.92 Å². The third-order valence-electron chi connectivity index (χ3n) is 5.31. The van der Waals surface area contributed by atoms with Crippen molar-refractivity contribution in [2.75, 3.05) is 59.6 Å². The van der Waals surface area contributed by atoms with Crippen LogP contribution < -0.4 is 10.6 Å². The highest BCUT2D eigenvalue weighted by atomic mass is 127. The maximum Gasteiger partial charge on any atom is 0.401 e. The number of halogens is 4. The van der Waals surface area contributed by atoms with E-state index in [0.717, 1.165) is 77.4 Å². The van der Waals surface area contributed by atoms with Crippen LogP contribution in [0.1, 0.15) is 38.5 Å². The van der Waals surface area contributed by atoms with Gasteiger partial charge in [0.15, 0.2) is 5.96 Å². The smallest absolute Gasteiger partial charge is 0.381 e. The molecule has 0 aromatic rings. The first kappa shape index (κ1) is 26.7. The fourth-order valence-corrected chi connectivity index (χ4v) is 3.67. The Labute approximate surface area is 189 Å². The van der Waals surface area contributed by atoms with E-state index in [-0.39, 0.29) is 24.0 Å². The topological polar surface area (TPSA) is 58.1 Å². The summed E-state index contributed by atoms with van der Waals surface area (Å²) in [6, 6.07) is 0. The van der Waals surface area contributed by atoms with E-state index in [9.17, 15) is 13.2 Å². The average molecular weight is 536 g/mol. The van der Waals surface area contributed by atoms with Gasteiger partial charge in [-0.3, -0.25) is 9.89 Å². The summed E-state index contributed by atoms with van der Waals surface area (Å²) >= 11 is 0. The van der Waals surface area contributed by atoms with Gasteiger partial charge in [0.05, 0.1) is 12.6 Å². The summed E-state index contributed by atoms with van der Waals surface area (Å²) in [5.41, 5.74) is 0. The molecule has 2 fully saturated rings. The molecule has 2 saturated heterocycles. The lowest BCUT2D eigenvalue weighted by atomic mass is 9.93. The van der Waals surface area contributed by atoms with Crippen molar-refractivity contribution in [3.05, 3.63) is 0 Å². The highest BCUT2D eigenvalue weighted by Gasteiger charge is 2.32. The lowest BCUT2D eigenvalue weighted by Gasteiger charge is -2.32. The molecule has 0 bridgehead atoms. The number of nitrogens with one attached hydrogen (secondary N) is 2. The zero-order valence-corrected chi connectivity index (χ0v) is 19.6. The molecule has 29 heavy (non-hydrogen) atoms. The van der Waals surface area contributed by atoms with Crippen LogP contribution in [0.25, 0.3) is 0 Å². The van der Waals surface area contributed by atoms with Crippen molar-refractivity contribution in [2.24, 2.45) is 10.9 Å². The van der Waals surface area contributed by atoms with Crippen molar-refractivity contribution in [1.82, 2.24) is 15.5 Å². The number of rotatable bonds is 9. The molecule has 0 saturated carbocycles. The molecule has 10 heteroatoms. The van der Waals surface area contributed by atoms with E-state index < -0.39 is 12.7 Å². The third-order valence-corrected chi connectivity index (χ3v) is 5.31. The van der Waals surface area contributed by atoms with E-state index in [0.29, 0.717) is 25.1 Å². The van der Waals surface area contributed by atoms with Gasteiger partial charge in [0.25, 0.3) is 0 Å². The molecule has 0 spiro atoms. The molecule has 0 aromatic heterocycles. The van der Waals surface area contributed by atoms with Crippen molar-refractivity contribution in [1.29, 1.82) is 0 Å². The summed E-state index contributed by atoms with van der Waals surface area (Å²) in [7, 11) is 1.74. The standard InChI is InChI=1S/C19H35F3N4O2.HI/c1-23-18(24-8-2-12-28-17-6-13-27-14-7-17)25-9-3-16-4-10-26(11-5-16)15-19(20,21)22;/h16-17H,2-15H2,1H3,(H2,23,24,25);1H. The summed E-state index contributed by atoms with van der Waals surface area (Å²) in [6.07, 6.45) is 1.71. The second-order valence-corrected chi connectivity index (χ2v) is 7.59. The molecule has 2 rings (SSSR count). The quantitative estimate of drug-likeness (QED) is 0.206. The van der Waals surface area contributed by atoms with Crippen molar-refractivity contribution in [3.8, 4) is 0 Å². The molecule has 0 aromatic carbocycles. The SMILES string of the molecule is CN=C(NCCCOC1CCOCC1)NCCC1CCN(CC(F)(F)F)CC1.I. The monoisotopic (exact) mass is 536 g/mol. The Balaban J connectivity index is 0.00000420. The Bertz CT molecular complexity index is 455. The van der Waals surface area contributed by atoms with Crippen LogP contribution in [0.15, 0.2) is 4.99 Å². The average Bonchev–Trinajstić information content (AvgIpc) is 2.67. The van der Waals surface area contributed by atoms with Crippen molar-refractivity contribution in [3.63, 3.8) is 0 Å². The number of nitrogens with zero attached hydrogens (tertiary/aromatic N) is 2. The summed E-state index contributed by atoms with van der Waals surface area (Å²) in [4.78, 5) is 5.72. The second kappa shape index (κ2) is 14.6. The summed E-state index contributed by atoms with van der Waals surface area (Å²) < 4.78 is 48.4. The van der Waals surface area contributed by atoms with Crippen molar-refractivity contribution < 1.29 is 22.6 Å². The van der Waals surface area contributed by atoms with Gasteiger partial charge in [0.1, 0.15) is 0 Å². The van der Waals surface area contributed by atoms with Gasteiger partial charge in [0, 0.05) is 40.0 Å². The number of hydrogen-bond acceptors (Lipinski definition) is 4. The number of piperidine rings is 1. The van der Waals surface area contributed by atoms with Gasteiger partial charge in [-0.15, -0.1) is 24.0 Å². The van der Waals surface area contributed by atoms with Gasteiger partial charge in [-0.25, -0.2) is 0 Å². The van der Waals surface area contributed by atoms with E-state index in [4.69, 9.17) is 9.47 Å². The Morgan fingerprint density at radius 3 is 2.38 bits per heavy atom. The third kappa shape index (κ3) is 12.2. The number of hydrogen-bond donors (Lipinski definition) is 2. The van der Waals surface area contributed by atoms with Gasteiger partial charge < -0.3 is 20.1 Å². The second-order valence-electron chi connectivity index (χ2n) is 7.59. The highest BCUT2D eigenvalue weighted by Crippen LogP contribution is 2.23. The van der Waals surface area contributed by atoms with Crippen LogP contribution in [0.3, 0.4) is 0 Å². The Hall–Kier alpha value is -0.330. The molecule has 2 aliphatic heterocycles. The van der Waals surface area contributed by atoms with Crippen molar-refractivity contribution >= 4 is 29.9 Å². The minimum Gasteiger partial charge on any atom is -0.381 e. The molecule has 2 N–H and O–H groups in total. The molecule has 6 nitrogen and oxygen atoms in total. The molecule has 0 radical (unpaired) electrons. The van der Waals surface area contributed by atoms with E-state index in [1.807, 2.05) is 0 Å². The van der Waals surface area contributed by atoms with Gasteiger partial charge in [-0.05, 0) is 57.5 Å². The maximum absolute atomic E-state index is 12.4. The number of ether oxygens (including phenoxy) is 2. The van der Waals surface area contributed by atoms with Crippen LogP contribution in [0.4, 0.5) is 13.2 Å². The molecule has 2 aliphatic rings. The normalized spacial score (nSPS) is 20.3. The predicted octanol–water partition coefficient (Wildman–Crippen LogP) is 3.02. The first-order valence-corrected chi connectivity index (χ1v) is 10.4. The lowest BCUT2D eigenvalue weighted by molar-refractivity contribution is -0.148. The van der Waals surface area contributed by atoms with Gasteiger partial charge in [-0.2, -0.15) is 13.2 Å². The fraction of sp³-hybridized carbons (Fsp3) is 0.947. The molecular weight excluding hydrogens is 500 g/mol. The zero-order valence-electron chi connectivity index (χ0n) is 17.3. The van der Waals surface area contributed by atoms with Crippen LogP contribution >= 0.6 is 24.0 Å². The van der Waals surface area contributed by atoms with Crippen LogP contribution in [-0.2, 0) is 9.47 Å². The van der Waals surface area contributed by atoms with Crippen LogP contribution in [0.5, 0.6) is 0 Å². The van der Waals surface area contributed by atoms with E-state index in [1.165, 1.54) is 4.90 Å². The minimum atomic E-state index is -4.09. The molecule has 172 valence electrons. The molecule has 2 heterocycles. The van der Waals surface area contributed by atoms with Crippen molar-refractivity contribution in [2.45, 2.75) is 50.8 Å². The fourth-order valence-electron chi connectivity index (χ4n) is 3.67. The Kier molecular flexibility index (Phi) is 13.5. The first-order chi connectivity index (χ1) is 13.5. The molecule has 0 amide bonds. The van der Waals surface area contributed by atoms with Gasteiger partial charge >= 0.3 is 6.18 Å². The van der Waals surface area contributed by atoms with E-state index >= 15 is 0 Å². The van der Waals surface area contributed by atoms with Crippen LogP contribution in [-0.4, -0.2) is 82.7 Å². The predicted molar refractivity (Wildman–Crippen MR) is 119 cm³/mol. The molecule has 0 unspecified atom stereocenters. The van der Waals surface area contributed by atoms with Gasteiger partial charge in [-0.1, -0.05) is 0 Å². The Morgan fingerprint density at radius 2 is 1.76 bits per heavy atom. The molecule has 0 aliphatic carbocycles. The Morgan fingerprint density at radius 1 is 1.10 bits per heavy atom. The maximum atomic E-state index is 12.4. The number of aliphatic imine (C=N–C) groups is 1. The first-order valence-electron chi connectivity index (χ1n) is 10.4. The number of likely N-dealkylation sites (tertiary alicyclic amines) is 1.